The largest absolute Gasteiger partial charge is 0.393 e. The van der Waals surface area contributed by atoms with Crippen LogP contribution in [0.2, 0.25) is 0 Å². The highest BCUT2D eigenvalue weighted by molar-refractivity contribution is 5.29. The summed E-state index contributed by atoms with van der Waals surface area (Å²) in [4.78, 5) is 0. The lowest BCUT2D eigenvalue weighted by atomic mass is 9.46. The van der Waals surface area contributed by atoms with Gasteiger partial charge < -0.3 is 59.1 Å². The van der Waals surface area contributed by atoms with E-state index in [2.05, 4.69) is 33.8 Å². The Hall–Kier alpha value is -0.740. The molecule has 8 rings (SSSR count). The molecular formula is C39H62O12. The molecule has 1 spiro atoms. The Labute approximate surface area is 301 Å². The zero-order valence-electron chi connectivity index (χ0n) is 31.0. The summed E-state index contributed by atoms with van der Waals surface area (Å²) in [7, 11) is 0. The summed E-state index contributed by atoms with van der Waals surface area (Å²) in [6.07, 6.45) is -4.22. The molecule has 7 fully saturated rings. The van der Waals surface area contributed by atoms with Gasteiger partial charge >= 0.3 is 0 Å². The van der Waals surface area contributed by atoms with Crippen molar-refractivity contribution in [3.8, 4) is 0 Å². The number of fused-ring (bicyclic) bond motifs is 7. The van der Waals surface area contributed by atoms with Crippen molar-refractivity contribution in [2.45, 2.75) is 178 Å². The highest BCUT2D eigenvalue weighted by Crippen LogP contribution is 2.71. The summed E-state index contributed by atoms with van der Waals surface area (Å²) < 4.78 is 38.4. The molecule has 12 heteroatoms. The SMILES string of the molecule is C[C@H]1CC[C@@]2(OC1)O[C@H]1C[C@H]3[C@@H]4CC=C5C[C@@H](O)C[C@@H](O[C@@H]6O[C@H](C)[C@H](O)[C@H](O)[C@H]6O[C@@H]6O[C@@H](C)[C@H](O)[C@@H](O)[C@H]6O)[C@]5(C)[C@H]4CC[C@]3(C)[C@H]1[C@@H]2C. The van der Waals surface area contributed by atoms with Gasteiger partial charge in [0.2, 0.25) is 0 Å². The third-order valence-electron chi connectivity index (χ3n) is 15.6. The van der Waals surface area contributed by atoms with Crippen LogP contribution in [0, 0.1) is 46.3 Å². The maximum Gasteiger partial charge on any atom is 0.187 e. The van der Waals surface area contributed by atoms with E-state index in [1.165, 1.54) is 5.57 Å². The first-order chi connectivity index (χ1) is 24.1. The van der Waals surface area contributed by atoms with Crippen LogP contribution in [0.1, 0.15) is 92.9 Å². The fraction of sp³-hybridized carbons (Fsp3) is 0.949. The average Bonchev–Trinajstić information content (AvgIpc) is 3.54. The molecule has 4 saturated heterocycles. The molecule has 12 nitrogen and oxygen atoms in total. The zero-order valence-corrected chi connectivity index (χ0v) is 31.0. The second kappa shape index (κ2) is 13.2. The standard InChI is InChI=1S/C39H62O12/c1-17-9-12-39(46-16-17)18(2)28-26(51-39)15-25-23-8-7-21-13-22(40)14-27(38(21,6)24(23)10-11-37(25,28)5)49-36-34(32(44)30(42)20(4)48-36)50-35-33(45)31(43)29(41)19(3)47-35/h7,17-20,22-36,40-45H,8-16H2,1-6H3/t17-,18-,19-,20+,22+,23+,24-,25-,26-,27+,28-,29-,30-,31+,32-,33+,34+,35-,36-,37-,38-,39+/m0/s1. The third kappa shape index (κ3) is 5.67. The van der Waals surface area contributed by atoms with E-state index in [1.54, 1.807) is 13.8 Å². The molecule has 4 heterocycles. The predicted molar refractivity (Wildman–Crippen MR) is 182 cm³/mol. The van der Waals surface area contributed by atoms with Gasteiger partial charge in [0.1, 0.15) is 36.6 Å². The normalized spacial score (nSPS) is 59.8. The van der Waals surface area contributed by atoms with Crippen molar-refractivity contribution in [3.63, 3.8) is 0 Å². The summed E-state index contributed by atoms with van der Waals surface area (Å²) in [5.74, 6) is 2.06. The van der Waals surface area contributed by atoms with E-state index in [0.717, 1.165) is 45.1 Å². The lowest BCUT2D eigenvalue weighted by molar-refractivity contribution is -0.371. The second-order valence-corrected chi connectivity index (χ2v) is 18.3. The minimum Gasteiger partial charge on any atom is -0.393 e. The molecule has 6 N–H and O–H groups in total. The molecule has 0 radical (unpaired) electrons. The molecule has 4 aliphatic carbocycles. The summed E-state index contributed by atoms with van der Waals surface area (Å²) in [5, 5.41) is 64.8. The molecule has 3 saturated carbocycles. The van der Waals surface area contributed by atoms with Crippen LogP contribution in [-0.2, 0) is 28.4 Å². The number of aliphatic hydroxyl groups is 6. The van der Waals surface area contributed by atoms with Gasteiger partial charge in [-0.2, -0.15) is 0 Å². The van der Waals surface area contributed by atoms with Crippen LogP contribution in [0.25, 0.3) is 0 Å². The van der Waals surface area contributed by atoms with Crippen LogP contribution >= 0.6 is 0 Å². The van der Waals surface area contributed by atoms with Gasteiger partial charge in [-0.3, -0.25) is 0 Å². The van der Waals surface area contributed by atoms with Crippen LogP contribution in [-0.4, -0.2) is 123 Å². The summed E-state index contributed by atoms with van der Waals surface area (Å²) in [5.41, 5.74) is 0.900. The number of hydrogen-bond acceptors (Lipinski definition) is 12. The molecule has 0 aromatic carbocycles. The molecule has 0 unspecified atom stereocenters. The minimum absolute atomic E-state index is 0.130. The first-order valence-corrected chi connectivity index (χ1v) is 19.8. The van der Waals surface area contributed by atoms with Gasteiger partial charge in [-0.15, -0.1) is 0 Å². The van der Waals surface area contributed by atoms with Crippen LogP contribution in [0.15, 0.2) is 11.6 Å². The van der Waals surface area contributed by atoms with E-state index in [9.17, 15) is 30.6 Å². The Morgan fingerprint density at radius 2 is 1.47 bits per heavy atom. The van der Waals surface area contributed by atoms with Crippen LogP contribution < -0.4 is 0 Å². The first kappa shape index (κ1) is 37.2. The molecule has 0 aromatic heterocycles. The average molecular weight is 723 g/mol. The topological polar surface area (TPSA) is 177 Å². The lowest BCUT2D eigenvalue weighted by Gasteiger charge is -2.60. The number of aliphatic hydroxyl groups excluding tert-OH is 6. The lowest BCUT2D eigenvalue weighted by Crippen LogP contribution is -2.64. The Morgan fingerprint density at radius 1 is 0.765 bits per heavy atom. The Balaban J connectivity index is 1.05. The summed E-state index contributed by atoms with van der Waals surface area (Å²) in [6.45, 7) is 13.4. The van der Waals surface area contributed by atoms with Gasteiger partial charge in [-0.25, -0.2) is 0 Å². The van der Waals surface area contributed by atoms with E-state index < -0.39 is 84.8 Å². The van der Waals surface area contributed by atoms with Crippen molar-refractivity contribution < 1.29 is 59.1 Å². The van der Waals surface area contributed by atoms with Crippen LogP contribution in [0.4, 0.5) is 0 Å². The van der Waals surface area contributed by atoms with Crippen molar-refractivity contribution >= 4 is 0 Å². The third-order valence-corrected chi connectivity index (χ3v) is 15.6. The van der Waals surface area contributed by atoms with Gasteiger partial charge in [0.15, 0.2) is 18.4 Å². The second-order valence-electron chi connectivity index (χ2n) is 18.3. The smallest absolute Gasteiger partial charge is 0.187 e. The molecule has 290 valence electrons. The molecule has 51 heavy (non-hydrogen) atoms. The maximum absolute atomic E-state index is 11.3. The van der Waals surface area contributed by atoms with Crippen molar-refractivity contribution in [2.75, 3.05) is 6.61 Å². The molecule has 0 bridgehead atoms. The van der Waals surface area contributed by atoms with Gasteiger partial charge in [-0.1, -0.05) is 39.3 Å². The number of ether oxygens (including phenoxy) is 6. The van der Waals surface area contributed by atoms with E-state index in [1.807, 2.05) is 0 Å². The zero-order chi connectivity index (χ0) is 36.4. The quantitative estimate of drug-likeness (QED) is 0.234. The first-order valence-electron chi connectivity index (χ1n) is 19.8. The fourth-order valence-corrected chi connectivity index (χ4v) is 12.6. The molecule has 4 aliphatic heterocycles. The molecule has 0 aromatic rings. The number of rotatable bonds is 4. The molecular weight excluding hydrogens is 660 g/mol. The maximum atomic E-state index is 11.3. The summed E-state index contributed by atoms with van der Waals surface area (Å²) >= 11 is 0. The van der Waals surface area contributed by atoms with Crippen molar-refractivity contribution in [2.24, 2.45) is 46.3 Å². The predicted octanol–water partition coefficient (Wildman–Crippen LogP) is 2.39. The Morgan fingerprint density at radius 3 is 2.18 bits per heavy atom. The van der Waals surface area contributed by atoms with Gasteiger partial charge in [0.05, 0.1) is 37.1 Å². The van der Waals surface area contributed by atoms with Gasteiger partial charge in [-0.05, 0) is 87.4 Å². The highest BCUT2D eigenvalue weighted by Gasteiger charge is 2.69. The monoisotopic (exact) mass is 722 g/mol. The number of allylic oxidation sites excluding steroid dienone is 1. The Kier molecular flexibility index (Phi) is 9.62. The van der Waals surface area contributed by atoms with E-state index >= 15 is 0 Å². The van der Waals surface area contributed by atoms with Crippen LogP contribution in [0.5, 0.6) is 0 Å². The summed E-state index contributed by atoms with van der Waals surface area (Å²) in [6, 6.07) is 0. The van der Waals surface area contributed by atoms with Crippen molar-refractivity contribution in [1.82, 2.24) is 0 Å². The van der Waals surface area contributed by atoms with Crippen LogP contribution in [0.3, 0.4) is 0 Å². The van der Waals surface area contributed by atoms with Gasteiger partial charge in [0.25, 0.3) is 0 Å². The number of hydrogen-bond donors (Lipinski definition) is 6. The molecule has 22 atom stereocenters. The minimum atomic E-state index is -1.61. The van der Waals surface area contributed by atoms with E-state index in [4.69, 9.17) is 28.4 Å². The van der Waals surface area contributed by atoms with Crippen molar-refractivity contribution in [3.05, 3.63) is 11.6 Å². The highest BCUT2D eigenvalue weighted by atomic mass is 16.8. The van der Waals surface area contributed by atoms with E-state index in [0.29, 0.717) is 48.3 Å². The molecule has 8 aliphatic rings. The Bertz CT molecular complexity index is 1320. The van der Waals surface area contributed by atoms with Gasteiger partial charge in [0, 0.05) is 24.2 Å². The fourth-order valence-electron chi connectivity index (χ4n) is 12.6. The van der Waals surface area contributed by atoms with Crippen molar-refractivity contribution in [1.29, 1.82) is 0 Å². The van der Waals surface area contributed by atoms with E-state index in [-0.39, 0.29) is 11.5 Å². The molecule has 0 amide bonds.